The van der Waals surface area contributed by atoms with Crippen LogP contribution in [0.25, 0.3) is 0 Å². The molecule has 0 saturated heterocycles. The Morgan fingerprint density at radius 2 is 2.00 bits per heavy atom. The van der Waals surface area contributed by atoms with Gasteiger partial charge in [0.2, 0.25) is 6.29 Å². The fourth-order valence-electron chi connectivity index (χ4n) is 1.24. The Morgan fingerprint density at radius 1 is 1.31 bits per heavy atom. The summed E-state index contributed by atoms with van der Waals surface area (Å²) >= 11 is 3.30. The smallest absolute Gasteiger partial charge is 0.340 e. The fourth-order valence-corrected chi connectivity index (χ4v) is 1.63. The first-order valence-corrected chi connectivity index (χ1v) is 6.36. The molecule has 0 saturated carbocycles. The van der Waals surface area contributed by atoms with Crippen molar-refractivity contribution in [3.63, 3.8) is 0 Å². The van der Waals surface area contributed by atoms with Crippen LogP contribution in [-0.4, -0.2) is 22.7 Å². The van der Waals surface area contributed by atoms with Crippen molar-refractivity contribution in [2.45, 2.75) is 25.6 Å². The number of carbonyl (C=O) groups excluding carboxylic acids is 1. The minimum Gasteiger partial charge on any atom is -0.432 e. The zero-order valence-electron chi connectivity index (χ0n) is 8.93. The molecule has 1 aromatic carbocycles. The van der Waals surface area contributed by atoms with Crippen molar-refractivity contribution in [3.8, 4) is 0 Å². The molecule has 0 amide bonds. The summed E-state index contributed by atoms with van der Waals surface area (Å²) in [7, 11) is 0. The minimum atomic E-state index is -1.01. The summed E-state index contributed by atoms with van der Waals surface area (Å²) < 4.78 is 4.88. The zero-order chi connectivity index (χ0) is 11.8. The molecule has 0 spiro atoms. The summed E-state index contributed by atoms with van der Waals surface area (Å²) in [6.07, 6.45) is 1.25. The van der Waals surface area contributed by atoms with E-state index in [1.54, 1.807) is 24.3 Å². The number of rotatable bonds is 6. The molecule has 16 heavy (non-hydrogen) atoms. The van der Waals surface area contributed by atoms with E-state index in [4.69, 9.17) is 4.74 Å². The predicted molar refractivity (Wildman–Crippen MR) is 65.5 cm³/mol. The Balaban J connectivity index is 2.34. The van der Waals surface area contributed by atoms with Crippen LogP contribution in [0, 0.1) is 0 Å². The highest BCUT2D eigenvalue weighted by Crippen LogP contribution is 2.08. The maximum Gasteiger partial charge on any atom is 0.340 e. The Morgan fingerprint density at radius 3 is 2.62 bits per heavy atom. The highest BCUT2D eigenvalue weighted by atomic mass is 79.9. The lowest BCUT2D eigenvalue weighted by Gasteiger charge is -2.11. The Labute approximate surface area is 104 Å². The van der Waals surface area contributed by atoms with Crippen LogP contribution in [0.15, 0.2) is 30.3 Å². The molecular formula is C12H15BrO3. The lowest BCUT2D eigenvalue weighted by Crippen LogP contribution is -2.17. The van der Waals surface area contributed by atoms with E-state index in [1.165, 1.54) is 0 Å². The van der Waals surface area contributed by atoms with Crippen LogP contribution < -0.4 is 0 Å². The second-order valence-corrected chi connectivity index (χ2v) is 4.20. The third-order valence-corrected chi connectivity index (χ3v) is 2.65. The normalized spacial score (nSPS) is 12.1. The third-order valence-electron chi connectivity index (χ3n) is 2.09. The number of halogens is 1. The number of esters is 1. The van der Waals surface area contributed by atoms with E-state index >= 15 is 0 Å². The molecule has 1 aromatic rings. The maximum absolute atomic E-state index is 11.5. The van der Waals surface area contributed by atoms with E-state index in [-0.39, 0.29) is 0 Å². The summed E-state index contributed by atoms with van der Waals surface area (Å²) in [4.78, 5) is 11.5. The minimum absolute atomic E-state index is 0.460. The van der Waals surface area contributed by atoms with Crippen molar-refractivity contribution in [1.29, 1.82) is 0 Å². The SMILES string of the molecule is O=C(OC(O)CCCCBr)c1ccccc1. The van der Waals surface area contributed by atoms with Gasteiger partial charge in [-0.2, -0.15) is 0 Å². The molecule has 4 heteroatoms. The van der Waals surface area contributed by atoms with Gasteiger partial charge in [-0.1, -0.05) is 34.1 Å². The van der Waals surface area contributed by atoms with E-state index < -0.39 is 12.3 Å². The lowest BCUT2D eigenvalue weighted by atomic mass is 10.2. The van der Waals surface area contributed by atoms with Gasteiger partial charge in [-0.15, -0.1) is 0 Å². The van der Waals surface area contributed by atoms with Crippen LogP contribution in [0.5, 0.6) is 0 Å². The Bertz CT molecular complexity index is 313. The topological polar surface area (TPSA) is 46.5 Å². The first-order valence-electron chi connectivity index (χ1n) is 5.24. The average Bonchev–Trinajstić information content (AvgIpc) is 2.30. The van der Waals surface area contributed by atoms with Gasteiger partial charge in [0.25, 0.3) is 0 Å². The monoisotopic (exact) mass is 286 g/mol. The number of benzene rings is 1. The molecule has 0 aliphatic heterocycles. The van der Waals surface area contributed by atoms with Gasteiger partial charge in [-0.25, -0.2) is 4.79 Å². The third kappa shape index (κ3) is 4.77. The fraction of sp³-hybridized carbons (Fsp3) is 0.417. The van der Waals surface area contributed by atoms with Gasteiger partial charge in [0.1, 0.15) is 0 Å². The zero-order valence-corrected chi connectivity index (χ0v) is 10.5. The average molecular weight is 287 g/mol. The van der Waals surface area contributed by atoms with Crippen molar-refractivity contribution in [2.24, 2.45) is 0 Å². The van der Waals surface area contributed by atoms with Crippen LogP contribution in [0.4, 0.5) is 0 Å². The number of ether oxygens (including phenoxy) is 1. The molecule has 0 aliphatic rings. The molecule has 1 N–H and O–H groups in total. The summed E-state index contributed by atoms with van der Waals surface area (Å²) in [6, 6.07) is 8.66. The van der Waals surface area contributed by atoms with E-state index in [1.807, 2.05) is 6.07 Å². The first-order chi connectivity index (χ1) is 7.74. The van der Waals surface area contributed by atoms with Crippen molar-refractivity contribution >= 4 is 21.9 Å². The van der Waals surface area contributed by atoms with Crippen LogP contribution in [-0.2, 0) is 4.74 Å². The Hall–Kier alpha value is -0.870. The highest BCUT2D eigenvalue weighted by molar-refractivity contribution is 9.09. The van der Waals surface area contributed by atoms with Crippen molar-refractivity contribution in [3.05, 3.63) is 35.9 Å². The summed E-state index contributed by atoms with van der Waals surface area (Å²) in [6.45, 7) is 0. The predicted octanol–water partition coefficient (Wildman–Crippen LogP) is 2.73. The van der Waals surface area contributed by atoms with Gasteiger partial charge in [-0.05, 0) is 25.0 Å². The number of aliphatic hydroxyl groups excluding tert-OH is 1. The number of alkyl halides is 1. The number of unbranched alkanes of at least 4 members (excludes halogenated alkanes) is 1. The second kappa shape index (κ2) is 7.41. The summed E-state index contributed by atoms with van der Waals surface area (Å²) in [5.74, 6) is -0.480. The van der Waals surface area contributed by atoms with Gasteiger partial charge < -0.3 is 9.84 Å². The molecule has 0 radical (unpaired) electrons. The van der Waals surface area contributed by atoms with Crippen LogP contribution >= 0.6 is 15.9 Å². The first kappa shape index (κ1) is 13.2. The van der Waals surface area contributed by atoms with Crippen LogP contribution in [0.3, 0.4) is 0 Å². The number of hydrogen-bond donors (Lipinski definition) is 1. The summed E-state index contributed by atoms with van der Waals surface area (Å²) in [5.41, 5.74) is 0.460. The van der Waals surface area contributed by atoms with Gasteiger partial charge in [0, 0.05) is 11.8 Å². The van der Waals surface area contributed by atoms with Gasteiger partial charge in [0.15, 0.2) is 0 Å². The quantitative estimate of drug-likeness (QED) is 0.379. The molecule has 3 nitrogen and oxygen atoms in total. The van der Waals surface area contributed by atoms with Crippen molar-refractivity contribution < 1.29 is 14.6 Å². The molecule has 1 unspecified atom stereocenters. The molecule has 88 valence electrons. The van der Waals surface area contributed by atoms with E-state index in [0.29, 0.717) is 12.0 Å². The maximum atomic E-state index is 11.5. The molecule has 1 atom stereocenters. The molecule has 0 aromatic heterocycles. The van der Waals surface area contributed by atoms with Crippen molar-refractivity contribution in [1.82, 2.24) is 0 Å². The molecular weight excluding hydrogens is 272 g/mol. The number of aliphatic hydroxyl groups is 1. The second-order valence-electron chi connectivity index (χ2n) is 3.41. The van der Waals surface area contributed by atoms with Gasteiger partial charge >= 0.3 is 5.97 Å². The number of carbonyl (C=O) groups is 1. The molecule has 1 rings (SSSR count). The van der Waals surface area contributed by atoms with E-state index in [0.717, 1.165) is 18.2 Å². The number of hydrogen-bond acceptors (Lipinski definition) is 3. The van der Waals surface area contributed by atoms with Gasteiger partial charge in [-0.3, -0.25) is 0 Å². The largest absolute Gasteiger partial charge is 0.432 e. The standard InChI is InChI=1S/C12H15BrO3/c13-9-5-4-8-11(14)16-12(15)10-6-2-1-3-7-10/h1-3,6-7,11,14H,4-5,8-9H2. The summed E-state index contributed by atoms with van der Waals surface area (Å²) in [5, 5.41) is 10.3. The van der Waals surface area contributed by atoms with E-state index in [9.17, 15) is 9.90 Å². The van der Waals surface area contributed by atoms with Crippen LogP contribution in [0.2, 0.25) is 0 Å². The van der Waals surface area contributed by atoms with Crippen LogP contribution in [0.1, 0.15) is 29.6 Å². The van der Waals surface area contributed by atoms with Crippen molar-refractivity contribution in [2.75, 3.05) is 5.33 Å². The Kier molecular flexibility index (Phi) is 6.11. The lowest BCUT2D eigenvalue weighted by molar-refractivity contribution is -0.0691. The van der Waals surface area contributed by atoms with Gasteiger partial charge in [0.05, 0.1) is 5.56 Å². The van der Waals surface area contributed by atoms with E-state index in [2.05, 4.69) is 15.9 Å². The highest BCUT2D eigenvalue weighted by Gasteiger charge is 2.12. The molecule has 0 fully saturated rings. The molecule has 0 bridgehead atoms. The molecule has 0 aliphatic carbocycles. The molecule has 0 heterocycles.